The zero-order valence-corrected chi connectivity index (χ0v) is 23.3. The fourth-order valence-corrected chi connectivity index (χ4v) is 5.78. The van der Waals surface area contributed by atoms with Crippen molar-refractivity contribution in [3.05, 3.63) is 158 Å². The fourth-order valence-electron chi connectivity index (χ4n) is 5.78. The van der Waals surface area contributed by atoms with Crippen molar-refractivity contribution in [3.8, 4) is 51.0 Å². The molecule has 0 unspecified atom stereocenters. The Bertz CT molecular complexity index is 2160. The summed E-state index contributed by atoms with van der Waals surface area (Å²) in [5.74, 6) is 1.95. The molecule has 0 N–H and O–H groups in total. The number of para-hydroxylation sites is 1. The van der Waals surface area contributed by atoms with Gasteiger partial charge in [-0.25, -0.2) is 15.0 Å². The van der Waals surface area contributed by atoms with Gasteiger partial charge in [-0.3, -0.25) is 0 Å². The molecule has 202 valence electrons. The van der Waals surface area contributed by atoms with Gasteiger partial charge in [0, 0.05) is 33.2 Å². The average Bonchev–Trinajstić information content (AvgIpc) is 3.43. The molecule has 0 aliphatic rings. The molecule has 0 radical (unpaired) electrons. The van der Waals surface area contributed by atoms with Crippen LogP contribution in [-0.4, -0.2) is 19.5 Å². The Hall–Kier alpha value is -5.87. The molecular formula is C39H26N4. The number of hydrogen-bond donors (Lipinski definition) is 0. The second kappa shape index (κ2) is 10.5. The first-order chi connectivity index (χ1) is 21.3. The molecule has 8 aromatic rings. The first-order valence-electron chi connectivity index (χ1n) is 14.4. The summed E-state index contributed by atoms with van der Waals surface area (Å²) in [7, 11) is 0. The van der Waals surface area contributed by atoms with Crippen LogP contribution in [-0.2, 0) is 0 Å². The van der Waals surface area contributed by atoms with Gasteiger partial charge < -0.3 is 4.57 Å². The summed E-state index contributed by atoms with van der Waals surface area (Å²) in [6.45, 7) is 0. The number of aromatic nitrogens is 4. The second-order valence-electron chi connectivity index (χ2n) is 10.5. The zero-order chi connectivity index (χ0) is 28.6. The highest BCUT2D eigenvalue weighted by Crippen LogP contribution is 2.36. The smallest absolute Gasteiger partial charge is 0.164 e. The van der Waals surface area contributed by atoms with E-state index in [1.54, 1.807) is 0 Å². The van der Waals surface area contributed by atoms with E-state index in [0.29, 0.717) is 17.5 Å². The third-order valence-electron chi connectivity index (χ3n) is 7.84. The molecule has 0 atom stereocenters. The van der Waals surface area contributed by atoms with Crippen molar-refractivity contribution in [1.82, 2.24) is 19.5 Å². The van der Waals surface area contributed by atoms with Crippen molar-refractivity contribution >= 4 is 21.8 Å². The van der Waals surface area contributed by atoms with E-state index >= 15 is 0 Å². The fraction of sp³-hybridized carbons (Fsp3) is 0. The Morgan fingerprint density at radius 1 is 0.326 bits per heavy atom. The van der Waals surface area contributed by atoms with Gasteiger partial charge in [-0.05, 0) is 41.5 Å². The summed E-state index contributed by atoms with van der Waals surface area (Å²) in [6, 6.07) is 54.5. The van der Waals surface area contributed by atoms with E-state index < -0.39 is 0 Å². The lowest BCUT2D eigenvalue weighted by molar-refractivity contribution is 1.07. The Morgan fingerprint density at radius 3 is 1.49 bits per heavy atom. The van der Waals surface area contributed by atoms with Crippen LogP contribution in [0.2, 0.25) is 0 Å². The summed E-state index contributed by atoms with van der Waals surface area (Å²) >= 11 is 0. The van der Waals surface area contributed by atoms with Crippen molar-refractivity contribution in [2.75, 3.05) is 0 Å². The SMILES string of the molecule is c1ccc(-c2ccc3c(c2)c2ccccc2n3-c2cccc(-c3nc(-c4ccccc4)nc(-c4ccccc4)n3)c2)cc1. The molecule has 0 saturated carbocycles. The first kappa shape index (κ1) is 24.9. The molecule has 4 heteroatoms. The number of fused-ring (bicyclic) bond motifs is 3. The number of rotatable bonds is 5. The molecule has 4 nitrogen and oxygen atoms in total. The molecule has 0 aliphatic carbocycles. The molecule has 0 bridgehead atoms. The zero-order valence-electron chi connectivity index (χ0n) is 23.3. The van der Waals surface area contributed by atoms with Crippen molar-refractivity contribution in [3.63, 3.8) is 0 Å². The van der Waals surface area contributed by atoms with Crippen LogP contribution in [0.4, 0.5) is 0 Å². The van der Waals surface area contributed by atoms with E-state index in [1.807, 2.05) is 60.7 Å². The number of nitrogens with zero attached hydrogens (tertiary/aromatic N) is 4. The van der Waals surface area contributed by atoms with Crippen LogP contribution in [0.15, 0.2) is 158 Å². The molecule has 2 aromatic heterocycles. The van der Waals surface area contributed by atoms with Gasteiger partial charge in [-0.15, -0.1) is 0 Å². The molecule has 8 rings (SSSR count). The van der Waals surface area contributed by atoms with Crippen LogP contribution in [0.25, 0.3) is 72.8 Å². The van der Waals surface area contributed by atoms with Gasteiger partial charge in [0.2, 0.25) is 0 Å². The van der Waals surface area contributed by atoms with E-state index in [0.717, 1.165) is 33.4 Å². The summed E-state index contributed by atoms with van der Waals surface area (Å²) in [4.78, 5) is 14.8. The maximum Gasteiger partial charge on any atom is 0.164 e. The van der Waals surface area contributed by atoms with Crippen LogP contribution < -0.4 is 0 Å². The predicted molar refractivity (Wildman–Crippen MR) is 176 cm³/mol. The average molecular weight is 551 g/mol. The second-order valence-corrected chi connectivity index (χ2v) is 10.5. The predicted octanol–water partition coefficient (Wildman–Crippen LogP) is 9.64. The minimum absolute atomic E-state index is 0.640. The molecule has 0 spiro atoms. The van der Waals surface area contributed by atoms with Gasteiger partial charge in [0.25, 0.3) is 0 Å². The number of benzene rings is 6. The van der Waals surface area contributed by atoms with E-state index in [4.69, 9.17) is 15.0 Å². The van der Waals surface area contributed by atoms with Gasteiger partial charge in [0.05, 0.1) is 11.0 Å². The van der Waals surface area contributed by atoms with Gasteiger partial charge in [-0.2, -0.15) is 0 Å². The third-order valence-corrected chi connectivity index (χ3v) is 7.84. The van der Waals surface area contributed by atoms with Crippen molar-refractivity contribution in [2.24, 2.45) is 0 Å². The van der Waals surface area contributed by atoms with Crippen LogP contribution in [0.5, 0.6) is 0 Å². The van der Waals surface area contributed by atoms with Crippen LogP contribution >= 0.6 is 0 Å². The first-order valence-corrected chi connectivity index (χ1v) is 14.4. The van der Waals surface area contributed by atoms with Gasteiger partial charge in [0.1, 0.15) is 0 Å². The highest BCUT2D eigenvalue weighted by molar-refractivity contribution is 6.10. The highest BCUT2D eigenvalue weighted by atomic mass is 15.0. The monoisotopic (exact) mass is 550 g/mol. The van der Waals surface area contributed by atoms with E-state index in [-0.39, 0.29) is 0 Å². The molecular weight excluding hydrogens is 524 g/mol. The minimum atomic E-state index is 0.640. The van der Waals surface area contributed by atoms with Crippen molar-refractivity contribution in [2.45, 2.75) is 0 Å². The van der Waals surface area contributed by atoms with Gasteiger partial charge >= 0.3 is 0 Å². The van der Waals surface area contributed by atoms with Crippen molar-refractivity contribution < 1.29 is 0 Å². The summed E-state index contributed by atoms with van der Waals surface area (Å²) in [6.07, 6.45) is 0. The van der Waals surface area contributed by atoms with E-state index in [1.165, 1.54) is 21.9 Å². The van der Waals surface area contributed by atoms with Gasteiger partial charge in [-0.1, -0.05) is 127 Å². The molecule has 0 fully saturated rings. The van der Waals surface area contributed by atoms with Crippen LogP contribution in [0, 0.1) is 0 Å². The van der Waals surface area contributed by atoms with E-state index in [9.17, 15) is 0 Å². The lowest BCUT2D eigenvalue weighted by atomic mass is 10.0. The lowest BCUT2D eigenvalue weighted by Crippen LogP contribution is -2.01. The maximum absolute atomic E-state index is 4.96. The summed E-state index contributed by atoms with van der Waals surface area (Å²) in [5.41, 5.74) is 8.62. The van der Waals surface area contributed by atoms with Crippen LogP contribution in [0.3, 0.4) is 0 Å². The minimum Gasteiger partial charge on any atom is -0.309 e. The van der Waals surface area contributed by atoms with Gasteiger partial charge in [0.15, 0.2) is 17.5 Å². The summed E-state index contributed by atoms with van der Waals surface area (Å²) < 4.78 is 2.33. The maximum atomic E-state index is 4.96. The van der Waals surface area contributed by atoms with E-state index in [2.05, 4.69) is 102 Å². The molecule has 43 heavy (non-hydrogen) atoms. The third kappa shape index (κ3) is 4.55. The van der Waals surface area contributed by atoms with Crippen LogP contribution in [0.1, 0.15) is 0 Å². The normalized spacial score (nSPS) is 11.3. The number of hydrogen-bond acceptors (Lipinski definition) is 3. The Kier molecular flexibility index (Phi) is 6.08. The molecule has 0 aliphatic heterocycles. The molecule has 6 aromatic carbocycles. The Labute approximate surface area is 249 Å². The molecule has 0 amide bonds. The largest absolute Gasteiger partial charge is 0.309 e. The molecule has 0 saturated heterocycles. The van der Waals surface area contributed by atoms with Crippen molar-refractivity contribution in [1.29, 1.82) is 0 Å². The summed E-state index contributed by atoms with van der Waals surface area (Å²) in [5, 5.41) is 2.44. The Balaban J connectivity index is 1.31. The topological polar surface area (TPSA) is 43.6 Å². The standard InChI is InChI=1S/C39H26N4/c1-4-13-27(14-5-1)30-23-24-36-34(26-30)33-21-10-11-22-35(33)43(36)32-20-12-19-31(25-32)39-41-37(28-15-6-2-7-16-28)40-38(42-39)29-17-8-3-9-18-29/h1-26H. The molecule has 2 heterocycles. The Morgan fingerprint density at radius 2 is 0.837 bits per heavy atom. The lowest BCUT2D eigenvalue weighted by Gasteiger charge is -2.12. The highest BCUT2D eigenvalue weighted by Gasteiger charge is 2.16. The quantitative estimate of drug-likeness (QED) is 0.214.